The smallest absolute Gasteiger partial charge is 0.326 e. The van der Waals surface area contributed by atoms with Crippen LogP contribution in [-0.2, 0) is 4.79 Å². The Morgan fingerprint density at radius 2 is 2.22 bits per heavy atom. The number of carbonyl (C=O) groups excluding carboxylic acids is 1. The molecule has 1 aliphatic rings. The highest BCUT2D eigenvalue weighted by Crippen LogP contribution is 2.23. The number of aliphatic carboxylic acids is 1. The molecule has 2 atom stereocenters. The number of likely N-dealkylation sites (tertiary alicyclic amines) is 1. The molecule has 0 aromatic carbocycles. The molecule has 0 spiro atoms. The van der Waals surface area contributed by atoms with Crippen molar-refractivity contribution in [1.82, 2.24) is 9.88 Å². The zero-order valence-corrected chi connectivity index (χ0v) is 10.0. The van der Waals surface area contributed by atoms with Crippen molar-refractivity contribution in [3.8, 4) is 0 Å². The molecule has 1 aliphatic heterocycles. The zero-order valence-electron chi connectivity index (χ0n) is 9.28. The van der Waals surface area contributed by atoms with Crippen LogP contribution < -0.4 is 0 Å². The van der Waals surface area contributed by atoms with E-state index in [2.05, 4.69) is 4.98 Å². The molecule has 6 nitrogen and oxygen atoms in total. The lowest BCUT2D eigenvalue weighted by molar-refractivity contribution is -0.141. The number of carboxylic acid groups (broad SMARTS) is 1. The normalized spacial score (nSPS) is 23.1. The number of carboxylic acids is 1. The molecule has 2 rings (SSSR count). The van der Waals surface area contributed by atoms with Crippen LogP contribution in [0.4, 0.5) is 0 Å². The van der Waals surface area contributed by atoms with Crippen LogP contribution in [0.2, 0.25) is 5.02 Å². The lowest BCUT2D eigenvalue weighted by atomic mass is 10.2. The summed E-state index contributed by atoms with van der Waals surface area (Å²) >= 11 is 5.84. The van der Waals surface area contributed by atoms with Crippen LogP contribution in [0.3, 0.4) is 0 Å². The van der Waals surface area contributed by atoms with Crippen molar-refractivity contribution in [2.24, 2.45) is 0 Å². The number of rotatable bonds is 2. The van der Waals surface area contributed by atoms with Crippen LogP contribution in [-0.4, -0.2) is 50.7 Å². The van der Waals surface area contributed by atoms with Gasteiger partial charge in [-0.25, -0.2) is 4.79 Å². The van der Waals surface area contributed by atoms with Crippen LogP contribution in [0.15, 0.2) is 18.5 Å². The zero-order chi connectivity index (χ0) is 13.3. The van der Waals surface area contributed by atoms with Crippen LogP contribution in [0.25, 0.3) is 0 Å². The Balaban J connectivity index is 2.28. The first-order valence-corrected chi connectivity index (χ1v) is 5.70. The minimum atomic E-state index is -1.13. The minimum absolute atomic E-state index is 0.00550. The Hall–Kier alpha value is -1.66. The number of hydrogen-bond donors (Lipinski definition) is 2. The molecule has 0 aliphatic carbocycles. The summed E-state index contributed by atoms with van der Waals surface area (Å²) in [6.45, 7) is -0.00550. The van der Waals surface area contributed by atoms with E-state index in [0.29, 0.717) is 0 Å². The van der Waals surface area contributed by atoms with Crippen molar-refractivity contribution >= 4 is 23.5 Å². The van der Waals surface area contributed by atoms with Crippen molar-refractivity contribution < 1.29 is 19.8 Å². The number of aromatic nitrogens is 1. The molecule has 0 radical (unpaired) electrons. The SMILES string of the molecule is O=C(O)[C@@H]1C[C@@H](O)CN1C(=O)c1ccncc1Cl. The summed E-state index contributed by atoms with van der Waals surface area (Å²) in [7, 11) is 0. The number of carbonyl (C=O) groups is 2. The molecule has 0 unspecified atom stereocenters. The van der Waals surface area contributed by atoms with Gasteiger partial charge >= 0.3 is 5.97 Å². The van der Waals surface area contributed by atoms with Gasteiger partial charge in [0.25, 0.3) is 5.91 Å². The fraction of sp³-hybridized carbons (Fsp3) is 0.364. The van der Waals surface area contributed by atoms with Crippen LogP contribution in [0, 0.1) is 0 Å². The number of β-amino-alcohol motifs (C(OH)–C–C–N with tert-alkyl or cyclic N) is 1. The van der Waals surface area contributed by atoms with Crippen LogP contribution in [0.1, 0.15) is 16.8 Å². The fourth-order valence-electron chi connectivity index (χ4n) is 1.98. The summed E-state index contributed by atoms with van der Waals surface area (Å²) in [5.41, 5.74) is 0.187. The molecule has 1 amide bonds. The first kappa shape index (κ1) is 12.8. The molecule has 2 heterocycles. The average molecular weight is 271 g/mol. The third-order valence-corrected chi connectivity index (χ3v) is 3.13. The molecule has 7 heteroatoms. The third-order valence-electron chi connectivity index (χ3n) is 2.83. The van der Waals surface area contributed by atoms with Crippen molar-refractivity contribution in [3.05, 3.63) is 29.0 Å². The molecule has 1 fully saturated rings. The molecule has 1 saturated heterocycles. The molecule has 1 aromatic heterocycles. The van der Waals surface area contributed by atoms with Gasteiger partial charge in [0.05, 0.1) is 16.7 Å². The van der Waals surface area contributed by atoms with E-state index in [-0.39, 0.29) is 23.6 Å². The number of halogens is 1. The second-order valence-electron chi connectivity index (χ2n) is 4.06. The summed E-state index contributed by atoms with van der Waals surface area (Å²) in [6, 6.07) is 0.408. The summed E-state index contributed by atoms with van der Waals surface area (Å²) in [6.07, 6.45) is 1.93. The Bertz CT molecular complexity index is 494. The molecule has 0 saturated carbocycles. The molecule has 96 valence electrons. The van der Waals surface area contributed by atoms with Crippen LogP contribution >= 0.6 is 11.6 Å². The molecule has 0 bridgehead atoms. The highest BCUT2D eigenvalue weighted by atomic mass is 35.5. The first-order valence-electron chi connectivity index (χ1n) is 5.32. The maximum absolute atomic E-state index is 12.2. The van der Waals surface area contributed by atoms with E-state index in [4.69, 9.17) is 16.7 Å². The monoisotopic (exact) mass is 270 g/mol. The average Bonchev–Trinajstić information content (AvgIpc) is 2.71. The lowest BCUT2D eigenvalue weighted by Gasteiger charge is -2.21. The molecule has 1 aromatic rings. The maximum Gasteiger partial charge on any atom is 0.326 e. The number of aliphatic hydroxyl groups is 1. The predicted molar refractivity (Wildman–Crippen MR) is 62.3 cm³/mol. The van der Waals surface area contributed by atoms with Gasteiger partial charge in [-0.05, 0) is 6.07 Å². The summed E-state index contributed by atoms with van der Waals surface area (Å²) in [5, 5.41) is 18.7. The largest absolute Gasteiger partial charge is 0.480 e. The van der Waals surface area contributed by atoms with Gasteiger partial charge in [0.15, 0.2) is 0 Å². The second kappa shape index (κ2) is 4.91. The standard InChI is InChI=1S/C11H11ClN2O4/c12-8-4-13-2-1-7(8)10(16)14-5-6(15)3-9(14)11(17)18/h1-2,4,6,9,15H,3,5H2,(H,17,18)/t6-,9+/m1/s1. The van der Waals surface area contributed by atoms with Gasteiger partial charge in [-0.1, -0.05) is 11.6 Å². The van der Waals surface area contributed by atoms with Gasteiger partial charge in [-0.15, -0.1) is 0 Å². The fourth-order valence-corrected chi connectivity index (χ4v) is 2.18. The highest BCUT2D eigenvalue weighted by molar-refractivity contribution is 6.33. The number of aliphatic hydroxyl groups excluding tert-OH is 1. The van der Waals surface area contributed by atoms with Crippen molar-refractivity contribution in [3.63, 3.8) is 0 Å². The summed E-state index contributed by atoms with van der Waals surface area (Å²) < 4.78 is 0. The van der Waals surface area contributed by atoms with E-state index in [9.17, 15) is 14.7 Å². The van der Waals surface area contributed by atoms with Crippen molar-refractivity contribution in [1.29, 1.82) is 0 Å². The van der Waals surface area contributed by atoms with Gasteiger partial charge in [-0.2, -0.15) is 0 Å². The Morgan fingerprint density at radius 3 is 2.83 bits per heavy atom. The van der Waals surface area contributed by atoms with E-state index < -0.39 is 24.0 Å². The summed E-state index contributed by atoms with van der Waals surface area (Å²) in [5.74, 6) is -1.64. The Labute approximate surface area is 108 Å². The molecule has 18 heavy (non-hydrogen) atoms. The summed E-state index contributed by atoms with van der Waals surface area (Å²) in [4.78, 5) is 28.1. The van der Waals surface area contributed by atoms with E-state index in [1.54, 1.807) is 0 Å². The third kappa shape index (κ3) is 2.30. The predicted octanol–water partition coefficient (Wildman–Crippen LogP) is 0.395. The number of amides is 1. The molecular formula is C11H11ClN2O4. The van der Waals surface area contributed by atoms with E-state index in [0.717, 1.165) is 4.90 Å². The van der Waals surface area contributed by atoms with Crippen LogP contribution in [0.5, 0.6) is 0 Å². The van der Waals surface area contributed by atoms with E-state index in [1.165, 1.54) is 18.5 Å². The van der Waals surface area contributed by atoms with Crippen molar-refractivity contribution in [2.45, 2.75) is 18.6 Å². The van der Waals surface area contributed by atoms with Gasteiger partial charge in [0, 0.05) is 25.4 Å². The Morgan fingerprint density at radius 1 is 1.50 bits per heavy atom. The maximum atomic E-state index is 12.2. The lowest BCUT2D eigenvalue weighted by Crippen LogP contribution is -2.40. The highest BCUT2D eigenvalue weighted by Gasteiger charge is 2.39. The molecule has 2 N–H and O–H groups in total. The topological polar surface area (TPSA) is 90.7 Å². The first-order chi connectivity index (χ1) is 8.50. The Kier molecular flexibility index (Phi) is 3.49. The van der Waals surface area contributed by atoms with Gasteiger partial charge in [-0.3, -0.25) is 9.78 Å². The van der Waals surface area contributed by atoms with Gasteiger partial charge < -0.3 is 15.1 Å². The number of nitrogens with zero attached hydrogens (tertiary/aromatic N) is 2. The van der Waals surface area contributed by atoms with Crippen molar-refractivity contribution in [2.75, 3.05) is 6.54 Å². The molecular weight excluding hydrogens is 260 g/mol. The minimum Gasteiger partial charge on any atom is -0.480 e. The quantitative estimate of drug-likeness (QED) is 0.811. The van der Waals surface area contributed by atoms with E-state index >= 15 is 0 Å². The number of hydrogen-bond acceptors (Lipinski definition) is 4. The van der Waals surface area contributed by atoms with Gasteiger partial charge in [0.2, 0.25) is 0 Å². The van der Waals surface area contributed by atoms with Gasteiger partial charge in [0.1, 0.15) is 6.04 Å². The number of pyridine rings is 1. The second-order valence-corrected chi connectivity index (χ2v) is 4.46. The van der Waals surface area contributed by atoms with E-state index in [1.807, 2.05) is 0 Å².